The zero-order chi connectivity index (χ0) is 14.0. The van der Waals surface area contributed by atoms with Crippen LogP contribution in [-0.4, -0.2) is 15.8 Å². The van der Waals surface area contributed by atoms with Crippen LogP contribution in [0.25, 0.3) is 0 Å². The van der Waals surface area contributed by atoms with Gasteiger partial charge in [0.1, 0.15) is 0 Å². The Morgan fingerprint density at radius 1 is 1.35 bits per heavy atom. The van der Waals surface area contributed by atoms with Crippen molar-refractivity contribution >= 4 is 0 Å². The first-order chi connectivity index (χ1) is 9.73. The second-order valence-corrected chi connectivity index (χ2v) is 5.43. The van der Waals surface area contributed by atoms with Crippen molar-refractivity contribution in [3.63, 3.8) is 0 Å². The minimum absolute atomic E-state index is 0.450. The van der Waals surface area contributed by atoms with Gasteiger partial charge in [-0.05, 0) is 31.4 Å². The van der Waals surface area contributed by atoms with E-state index in [0.717, 1.165) is 24.1 Å². The van der Waals surface area contributed by atoms with E-state index in [1.807, 2.05) is 48.0 Å². The van der Waals surface area contributed by atoms with Crippen molar-refractivity contribution in [2.24, 2.45) is 0 Å². The molecule has 0 bridgehead atoms. The highest BCUT2D eigenvalue weighted by atomic mass is 15.3. The van der Waals surface area contributed by atoms with Crippen molar-refractivity contribution in [1.29, 1.82) is 5.26 Å². The fraction of sp³-hybridized carbons (Fsp3) is 0.375. The number of nitrogens with one attached hydrogen (secondary N) is 1. The highest BCUT2D eigenvalue weighted by Gasteiger charge is 2.38. The van der Waals surface area contributed by atoms with E-state index in [9.17, 15) is 5.26 Å². The van der Waals surface area contributed by atoms with Crippen molar-refractivity contribution in [3.05, 3.63) is 53.9 Å². The van der Waals surface area contributed by atoms with Gasteiger partial charge in [-0.2, -0.15) is 10.4 Å². The molecule has 1 aliphatic rings. The minimum Gasteiger partial charge on any atom is -0.291 e. The van der Waals surface area contributed by atoms with Crippen LogP contribution in [0.15, 0.2) is 42.6 Å². The van der Waals surface area contributed by atoms with Gasteiger partial charge in [-0.15, -0.1) is 0 Å². The Balaban J connectivity index is 1.98. The lowest BCUT2D eigenvalue weighted by Crippen LogP contribution is -2.46. The maximum absolute atomic E-state index is 9.84. The van der Waals surface area contributed by atoms with Crippen molar-refractivity contribution in [2.45, 2.75) is 37.9 Å². The Kier molecular flexibility index (Phi) is 3.29. The van der Waals surface area contributed by atoms with Gasteiger partial charge in [0.05, 0.1) is 12.6 Å². The van der Waals surface area contributed by atoms with Crippen LogP contribution >= 0.6 is 0 Å². The van der Waals surface area contributed by atoms with Crippen LogP contribution < -0.4 is 5.32 Å². The Morgan fingerprint density at radius 2 is 2.10 bits per heavy atom. The molecule has 1 aliphatic carbocycles. The van der Waals surface area contributed by atoms with Gasteiger partial charge in [-0.3, -0.25) is 10.00 Å². The van der Waals surface area contributed by atoms with E-state index in [4.69, 9.17) is 0 Å². The Labute approximate surface area is 119 Å². The number of aryl methyl sites for hydroxylation is 1. The van der Waals surface area contributed by atoms with Gasteiger partial charge in [0.15, 0.2) is 5.54 Å². The summed E-state index contributed by atoms with van der Waals surface area (Å²) in [6.07, 6.45) is 4.07. The van der Waals surface area contributed by atoms with Gasteiger partial charge >= 0.3 is 0 Å². The second-order valence-electron chi connectivity index (χ2n) is 5.43. The maximum atomic E-state index is 9.84. The summed E-state index contributed by atoms with van der Waals surface area (Å²) in [5.41, 5.74) is 1.36. The summed E-state index contributed by atoms with van der Waals surface area (Å²) in [5, 5.41) is 17.7. The van der Waals surface area contributed by atoms with Crippen molar-refractivity contribution in [1.82, 2.24) is 15.1 Å². The maximum Gasteiger partial charge on any atom is 0.152 e. The molecule has 1 atom stereocenters. The SMILES string of the molecule is Cc1ccnn1CC(C#N)(NC1CC1)c1ccccc1. The van der Waals surface area contributed by atoms with Gasteiger partial charge in [0, 0.05) is 17.9 Å². The van der Waals surface area contributed by atoms with Crippen LogP contribution in [0.2, 0.25) is 0 Å². The molecule has 4 nitrogen and oxygen atoms in total. The number of rotatable bonds is 5. The van der Waals surface area contributed by atoms with Crippen LogP contribution in [0.5, 0.6) is 0 Å². The summed E-state index contributed by atoms with van der Waals surface area (Å²) in [6, 6.07) is 14.9. The highest BCUT2D eigenvalue weighted by molar-refractivity contribution is 5.32. The molecule has 1 unspecified atom stereocenters. The third kappa shape index (κ3) is 2.45. The first-order valence-corrected chi connectivity index (χ1v) is 6.96. The fourth-order valence-electron chi connectivity index (χ4n) is 2.44. The van der Waals surface area contributed by atoms with E-state index in [1.165, 1.54) is 0 Å². The molecule has 0 radical (unpaired) electrons. The average Bonchev–Trinajstić information content (AvgIpc) is 3.21. The van der Waals surface area contributed by atoms with Crippen LogP contribution in [0.4, 0.5) is 0 Å². The number of hydrogen-bond donors (Lipinski definition) is 1. The lowest BCUT2D eigenvalue weighted by Gasteiger charge is -2.29. The van der Waals surface area contributed by atoms with Crippen molar-refractivity contribution in [2.75, 3.05) is 0 Å². The third-order valence-electron chi connectivity index (χ3n) is 3.80. The Morgan fingerprint density at radius 3 is 2.65 bits per heavy atom. The van der Waals surface area contributed by atoms with Gasteiger partial charge in [0.2, 0.25) is 0 Å². The molecule has 1 N–H and O–H groups in total. The van der Waals surface area contributed by atoms with E-state index in [0.29, 0.717) is 12.6 Å². The van der Waals surface area contributed by atoms with E-state index in [1.54, 1.807) is 6.20 Å². The van der Waals surface area contributed by atoms with Gasteiger partial charge < -0.3 is 0 Å². The molecule has 1 aromatic carbocycles. The topological polar surface area (TPSA) is 53.6 Å². The zero-order valence-electron chi connectivity index (χ0n) is 11.6. The van der Waals surface area contributed by atoms with Crippen LogP contribution in [0.1, 0.15) is 24.1 Å². The van der Waals surface area contributed by atoms with Crippen molar-refractivity contribution in [3.8, 4) is 6.07 Å². The van der Waals surface area contributed by atoms with Crippen LogP contribution in [0.3, 0.4) is 0 Å². The molecule has 1 heterocycles. The Bertz CT molecular complexity index is 621. The third-order valence-corrected chi connectivity index (χ3v) is 3.80. The number of nitrogens with zero attached hydrogens (tertiary/aromatic N) is 3. The monoisotopic (exact) mass is 266 g/mol. The molecule has 1 saturated carbocycles. The van der Waals surface area contributed by atoms with Crippen LogP contribution in [-0.2, 0) is 12.1 Å². The molecule has 102 valence electrons. The molecule has 2 aromatic rings. The lowest BCUT2D eigenvalue weighted by atomic mass is 9.91. The first-order valence-electron chi connectivity index (χ1n) is 6.96. The standard InChI is InChI=1S/C16H18N4/c1-13-9-10-18-20(13)12-16(11-17,19-15-7-8-15)14-5-3-2-4-6-14/h2-6,9-10,15,19H,7-8,12H2,1H3. The normalized spacial score (nSPS) is 17.4. The van der Waals surface area contributed by atoms with Gasteiger partial charge in [-0.25, -0.2) is 0 Å². The Hall–Kier alpha value is -2.12. The van der Waals surface area contributed by atoms with Crippen LogP contribution in [0, 0.1) is 18.3 Å². The number of aromatic nitrogens is 2. The summed E-state index contributed by atoms with van der Waals surface area (Å²) in [6.45, 7) is 2.54. The van der Waals surface area contributed by atoms with Crippen molar-refractivity contribution < 1.29 is 0 Å². The molecule has 0 amide bonds. The quantitative estimate of drug-likeness (QED) is 0.904. The summed E-state index contributed by atoms with van der Waals surface area (Å²) in [5.74, 6) is 0. The zero-order valence-corrected chi connectivity index (χ0v) is 11.6. The molecular formula is C16H18N4. The molecule has 0 saturated heterocycles. The summed E-state index contributed by atoms with van der Waals surface area (Å²) in [4.78, 5) is 0. The molecule has 3 rings (SSSR count). The van der Waals surface area contributed by atoms with E-state index in [2.05, 4.69) is 16.5 Å². The molecular weight excluding hydrogens is 248 g/mol. The molecule has 1 fully saturated rings. The minimum atomic E-state index is -0.709. The van der Waals surface area contributed by atoms with E-state index < -0.39 is 5.54 Å². The summed E-state index contributed by atoms with van der Waals surface area (Å²) >= 11 is 0. The van der Waals surface area contributed by atoms with E-state index >= 15 is 0 Å². The second kappa shape index (κ2) is 5.10. The predicted octanol–water partition coefficient (Wildman–Crippen LogP) is 2.36. The smallest absolute Gasteiger partial charge is 0.152 e. The summed E-state index contributed by atoms with van der Waals surface area (Å²) < 4.78 is 1.89. The molecule has 1 aromatic heterocycles. The number of benzene rings is 1. The van der Waals surface area contributed by atoms with Gasteiger partial charge in [-0.1, -0.05) is 30.3 Å². The average molecular weight is 266 g/mol. The number of nitriles is 1. The largest absolute Gasteiger partial charge is 0.291 e. The lowest BCUT2D eigenvalue weighted by molar-refractivity contribution is 0.344. The molecule has 0 spiro atoms. The van der Waals surface area contributed by atoms with Gasteiger partial charge in [0.25, 0.3) is 0 Å². The fourth-order valence-corrected chi connectivity index (χ4v) is 2.44. The van der Waals surface area contributed by atoms with E-state index in [-0.39, 0.29) is 0 Å². The first kappa shape index (κ1) is 12.9. The molecule has 0 aliphatic heterocycles. The predicted molar refractivity (Wildman–Crippen MR) is 76.9 cm³/mol. The number of hydrogen-bond acceptors (Lipinski definition) is 3. The molecule has 4 heteroatoms. The highest BCUT2D eigenvalue weighted by Crippen LogP contribution is 2.30. The molecule has 20 heavy (non-hydrogen) atoms. The summed E-state index contributed by atoms with van der Waals surface area (Å²) in [7, 11) is 0.